The van der Waals surface area contributed by atoms with Crippen molar-refractivity contribution in [3.8, 4) is 0 Å². The van der Waals surface area contributed by atoms with Gasteiger partial charge in [0.25, 0.3) is 0 Å². The first kappa shape index (κ1) is 20.1. The van der Waals surface area contributed by atoms with Gasteiger partial charge in [0.2, 0.25) is 5.91 Å². The lowest BCUT2D eigenvalue weighted by Gasteiger charge is -2.06. The second kappa shape index (κ2) is 9.52. The number of carbonyl (C=O) groups is 2. The lowest BCUT2D eigenvalue weighted by molar-refractivity contribution is -0.113. The van der Waals surface area contributed by atoms with Gasteiger partial charge in [-0.2, -0.15) is 0 Å². The zero-order valence-electron chi connectivity index (χ0n) is 15.5. The second-order valence-electron chi connectivity index (χ2n) is 5.94. The molecule has 0 aliphatic rings. The van der Waals surface area contributed by atoms with Gasteiger partial charge in [0.15, 0.2) is 5.16 Å². The van der Waals surface area contributed by atoms with Gasteiger partial charge in [-0.3, -0.25) is 4.79 Å². The summed E-state index contributed by atoms with van der Waals surface area (Å²) in [5, 5.41) is 14.1. The summed E-state index contributed by atoms with van der Waals surface area (Å²) in [5.74, 6) is 0.355. The smallest absolute Gasteiger partial charge is 0.340 e. The average molecular weight is 417 g/mol. The Kier molecular flexibility index (Phi) is 6.83. The van der Waals surface area contributed by atoms with Gasteiger partial charge in [-0.25, -0.2) is 4.79 Å². The summed E-state index contributed by atoms with van der Waals surface area (Å²) in [4.78, 5) is 23.9. The van der Waals surface area contributed by atoms with Crippen LogP contribution >= 0.6 is 23.1 Å². The fraction of sp³-hybridized carbons (Fsp3) is 0.263. The van der Waals surface area contributed by atoms with Gasteiger partial charge in [-0.15, -0.1) is 21.5 Å². The molecule has 0 bridgehead atoms. The van der Waals surface area contributed by atoms with Crippen molar-refractivity contribution in [2.45, 2.75) is 18.0 Å². The van der Waals surface area contributed by atoms with Crippen molar-refractivity contribution < 1.29 is 14.3 Å². The van der Waals surface area contributed by atoms with E-state index < -0.39 is 5.97 Å². The van der Waals surface area contributed by atoms with Crippen LogP contribution in [-0.2, 0) is 29.4 Å². The first-order valence-electron chi connectivity index (χ1n) is 8.59. The molecular weight excluding hydrogens is 396 g/mol. The van der Waals surface area contributed by atoms with E-state index in [1.807, 2.05) is 29.8 Å². The summed E-state index contributed by atoms with van der Waals surface area (Å²) >= 11 is 2.59. The summed E-state index contributed by atoms with van der Waals surface area (Å²) < 4.78 is 6.62. The van der Waals surface area contributed by atoms with Crippen molar-refractivity contribution in [3.05, 3.63) is 58.7 Å². The first-order valence-corrected chi connectivity index (χ1v) is 10.5. The van der Waals surface area contributed by atoms with Crippen molar-refractivity contribution in [3.63, 3.8) is 0 Å². The predicted molar refractivity (Wildman–Crippen MR) is 110 cm³/mol. The van der Waals surface area contributed by atoms with E-state index in [2.05, 4.69) is 27.6 Å². The molecule has 0 atom stereocenters. The number of hydrogen-bond acceptors (Lipinski definition) is 7. The number of amides is 1. The van der Waals surface area contributed by atoms with E-state index >= 15 is 0 Å². The van der Waals surface area contributed by atoms with Gasteiger partial charge in [-0.1, -0.05) is 42.1 Å². The number of nitrogens with zero attached hydrogens (tertiary/aromatic N) is 3. The molecule has 0 saturated carbocycles. The topological polar surface area (TPSA) is 86.1 Å². The average Bonchev–Trinajstić information content (AvgIpc) is 3.31. The molecular formula is C19H20N4O3S2. The van der Waals surface area contributed by atoms with Gasteiger partial charge in [0.1, 0.15) is 10.8 Å². The van der Waals surface area contributed by atoms with E-state index in [0.29, 0.717) is 15.7 Å². The molecule has 146 valence electrons. The van der Waals surface area contributed by atoms with E-state index in [4.69, 9.17) is 4.74 Å². The molecule has 9 heteroatoms. The van der Waals surface area contributed by atoms with Crippen LogP contribution in [-0.4, -0.2) is 39.5 Å². The number of esters is 1. The molecule has 2 heterocycles. The maximum Gasteiger partial charge on any atom is 0.340 e. The molecule has 7 nitrogen and oxygen atoms in total. The summed E-state index contributed by atoms with van der Waals surface area (Å²) in [6, 6.07) is 11.8. The highest BCUT2D eigenvalue weighted by molar-refractivity contribution is 7.99. The Hall–Kier alpha value is -2.65. The number of aromatic nitrogens is 3. The number of anilines is 1. The number of benzene rings is 1. The number of methoxy groups -OCH3 is 1. The first-order chi connectivity index (χ1) is 13.6. The Labute approximate surface area is 171 Å². The number of nitrogens with one attached hydrogen (secondary N) is 1. The highest BCUT2D eigenvalue weighted by Gasteiger charge is 2.16. The summed E-state index contributed by atoms with van der Waals surface area (Å²) in [6.45, 7) is 0. The van der Waals surface area contributed by atoms with E-state index in [1.54, 1.807) is 11.4 Å². The highest BCUT2D eigenvalue weighted by atomic mass is 32.2. The monoisotopic (exact) mass is 416 g/mol. The molecule has 0 aliphatic carbocycles. The number of thioether (sulfide) groups is 1. The van der Waals surface area contributed by atoms with Crippen LogP contribution in [0.5, 0.6) is 0 Å². The minimum absolute atomic E-state index is 0.170. The van der Waals surface area contributed by atoms with Gasteiger partial charge in [0, 0.05) is 13.5 Å². The van der Waals surface area contributed by atoms with Gasteiger partial charge < -0.3 is 14.6 Å². The van der Waals surface area contributed by atoms with Crippen molar-refractivity contribution in [2.75, 3.05) is 18.2 Å². The van der Waals surface area contributed by atoms with E-state index in [1.165, 1.54) is 35.8 Å². The lowest BCUT2D eigenvalue weighted by atomic mass is 10.1. The fourth-order valence-corrected chi connectivity index (χ4v) is 4.08. The van der Waals surface area contributed by atoms with Crippen molar-refractivity contribution in [2.24, 2.45) is 7.05 Å². The van der Waals surface area contributed by atoms with Gasteiger partial charge in [0.05, 0.1) is 18.4 Å². The van der Waals surface area contributed by atoms with Gasteiger partial charge in [-0.05, 0) is 23.4 Å². The van der Waals surface area contributed by atoms with Crippen molar-refractivity contribution in [1.29, 1.82) is 0 Å². The van der Waals surface area contributed by atoms with Crippen molar-refractivity contribution >= 4 is 40.0 Å². The zero-order valence-corrected chi connectivity index (χ0v) is 17.2. The Morgan fingerprint density at radius 2 is 1.96 bits per heavy atom. The minimum atomic E-state index is -0.472. The molecule has 0 saturated heterocycles. The summed E-state index contributed by atoms with van der Waals surface area (Å²) in [7, 11) is 3.21. The highest BCUT2D eigenvalue weighted by Crippen LogP contribution is 2.24. The van der Waals surface area contributed by atoms with Crippen LogP contribution in [0.3, 0.4) is 0 Å². The van der Waals surface area contributed by atoms with Crippen LogP contribution < -0.4 is 5.32 Å². The Balaban J connectivity index is 1.53. The number of carbonyl (C=O) groups excluding carboxylic acids is 2. The molecule has 0 spiro atoms. The SMILES string of the molecule is COC(=O)c1ccsc1NC(=O)CSc1nnc(CCc2ccccc2)n1C. The molecule has 0 radical (unpaired) electrons. The Morgan fingerprint density at radius 3 is 2.71 bits per heavy atom. The largest absolute Gasteiger partial charge is 0.465 e. The third-order valence-electron chi connectivity index (χ3n) is 4.06. The fourth-order valence-electron chi connectivity index (χ4n) is 2.56. The summed E-state index contributed by atoms with van der Waals surface area (Å²) in [5.41, 5.74) is 1.60. The van der Waals surface area contributed by atoms with Crippen LogP contribution in [0.25, 0.3) is 0 Å². The van der Waals surface area contributed by atoms with Crippen LogP contribution in [0.2, 0.25) is 0 Å². The van der Waals surface area contributed by atoms with Gasteiger partial charge >= 0.3 is 5.97 Å². The Bertz CT molecular complexity index is 953. The maximum absolute atomic E-state index is 12.2. The zero-order chi connectivity index (χ0) is 19.9. The number of thiophene rings is 1. The molecule has 0 fully saturated rings. The van der Waals surface area contributed by atoms with Crippen LogP contribution in [0.15, 0.2) is 46.9 Å². The number of rotatable bonds is 8. The third kappa shape index (κ3) is 4.99. The third-order valence-corrected chi connectivity index (χ3v) is 5.91. The molecule has 0 aliphatic heterocycles. The van der Waals surface area contributed by atoms with Crippen LogP contribution in [0.4, 0.5) is 5.00 Å². The molecule has 1 aromatic carbocycles. The molecule has 0 unspecified atom stereocenters. The molecule has 3 rings (SSSR count). The normalized spacial score (nSPS) is 10.6. The molecule has 2 aromatic heterocycles. The molecule has 1 N–H and O–H groups in total. The molecule has 3 aromatic rings. The maximum atomic E-state index is 12.2. The lowest BCUT2D eigenvalue weighted by Crippen LogP contribution is -2.16. The van der Waals surface area contributed by atoms with E-state index in [9.17, 15) is 9.59 Å². The minimum Gasteiger partial charge on any atom is -0.465 e. The summed E-state index contributed by atoms with van der Waals surface area (Å²) in [6.07, 6.45) is 1.66. The van der Waals surface area contributed by atoms with E-state index in [-0.39, 0.29) is 11.7 Å². The van der Waals surface area contributed by atoms with E-state index in [0.717, 1.165) is 18.7 Å². The van der Waals surface area contributed by atoms with Crippen LogP contribution in [0, 0.1) is 0 Å². The molecule has 1 amide bonds. The quantitative estimate of drug-likeness (QED) is 0.448. The predicted octanol–water partition coefficient (Wildman–Crippen LogP) is 3.18. The second-order valence-corrected chi connectivity index (χ2v) is 7.79. The molecule has 28 heavy (non-hydrogen) atoms. The van der Waals surface area contributed by atoms with Crippen molar-refractivity contribution in [1.82, 2.24) is 14.8 Å². The Morgan fingerprint density at radius 1 is 1.18 bits per heavy atom. The number of aryl methyl sites for hydroxylation is 2. The van der Waals surface area contributed by atoms with Crippen LogP contribution in [0.1, 0.15) is 21.7 Å². The number of hydrogen-bond donors (Lipinski definition) is 1. The number of ether oxygens (including phenoxy) is 1. The standard InChI is InChI=1S/C19H20N4O3S2/c1-23-15(9-8-13-6-4-3-5-7-13)21-22-19(23)28-12-16(24)20-17-14(10-11-27-17)18(25)26-2/h3-7,10-11H,8-9,12H2,1-2H3,(H,20,24).